The molecule has 2 heterocycles. The van der Waals surface area contributed by atoms with E-state index in [1.54, 1.807) is 16.7 Å². The maximum absolute atomic E-state index is 13.0. The zero-order valence-corrected chi connectivity index (χ0v) is 17.9. The highest BCUT2D eigenvalue weighted by atomic mass is 32.2. The van der Waals surface area contributed by atoms with Gasteiger partial charge in [-0.05, 0) is 36.1 Å². The summed E-state index contributed by atoms with van der Waals surface area (Å²) in [5, 5.41) is 10.8. The number of benzene rings is 2. The number of allylic oxidation sites excluding steroid dienone is 1. The highest BCUT2D eigenvalue weighted by Crippen LogP contribution is 2.43. The van der Waals surface area contributed by atoms with E-state index in [1.165, 1.54) is 11.1 Å². The van der Waals surface area contributed by atoms with Crippen molar-refractivity contribution < 1.29 is 4.79 Å². The van der Waals surface area contributed by atoms with E-state index in [1.807, 2.05) is 0 Å². The molecule has 2 aromatic rings. The third-order valence-electron chi connectivity index (χ3n) is 5.70. The van der Waals surface area contributed by atoms with Crippen molar-refractivity contribution in [2.75, 3.05) is 17.4 Å². The molecule has 2 aliphatic rings. The maximum Gasteiger partial charge on any atom is 0.229 e. The first-order chi connectivity index (χ1) is 14.0. The first kappa shape index (κ1) is 19.6. The SMILES string of the molecule is Cc1ccc(N2CSC3=C(C#N)C(c4ccc(C(C)C)cc4)CC(=O)N3C2)cc1. The molecule has 0 aromatic heterocycles. The standard InChI is InChI=1S/C24H25N3OS/c1-16(2)18-6-8-19(9-7-18)21-12-23(28)27-14-26(15-29-24(27)22(21)13-25)20-10-4-17(3)5-11-20/h4-11,16,21H,12,14-15H2,1-3H3. The normalized spacial score (nSPS) is 19.4. The predicted octanol–water partition coefficient (Wildman–Crippen LogP) is 5.34. The van der Waals surface area contributed by atoms with Gasteiger partial charge in [-0.25, -0.2) is 0 Å². The Balaban J connectivity index is 1.63. The van der Waals surface area contributed by atoms with Gasteiger partial charge in [0.05, 0.1) is 29.2 Å². The topological polar surface area (TPSA) is 47.3 Å². The number of carbonyl (C=O) groups is 1. The molecule has 4 rings (SSSR count). The first-order valence-electron chi connectivity index (χ1n) is 9.97. The van der Waals surface area contributed by atoms with Gasteiger partial charge in [-0.2, -0.15) is 5.26 Å². The zero-order chi connectivity index (χ0) is 20.5. The Kier molecular flexibility index (Phi) is 5.38. The van der Waals surface area contributed by atoms with Crippen molar-refractivity contribution >= 4 is 23.4 Å². The number of hydrogen-bond acceptors (Lipinski definition) is 4. The fraction of sp³-hybridized carbons (Fsp3) is 0.333. The Labute approximate surface area is 176 Å². The van der Waals surface area contributed by atoms with Gasteiger partial charge in [0.2, 0.25) is 5.91 Å². The summed E-state index contributed by atoms with van der Waals surface area (Å²) in [6.07, 6.45) is 0.343. The second-order valence-electron chi connectivity index (χ2n) is 8.02. The molecule has 0 N–H and O–H groups in total. The number of hydrogen-bond donors (Lipinski definition) is 0. The lowest BCUT2D eigenvalue weighted by Crippen LogP contribution is -2.47. The highest BCUT2D eigenvalue weighted by molar-refractivity contribution is 8.03. The largest absolute Gasteiger partial charge is 0.344 e. The highest BCUT2D eigenvalue weighted by Gasteiger charge is 2.38. The van der Waals surface area contributed by atoms with Gasteiger partial charge in [0.15, 0.2) is 0 Å². The molecule has 1 atom stereocenters. The average molecular weight is 404 g/mol. The molecule has 1 fully saturated rings. The smallest absolute Gasteiger partial charge is 0.229 e. The van der Waals surface area contributed by atoms with Crippen LogP contribution < -0.4 is 4.90 Å². The molecule has 5 heteroatoms. The molecule has 1 saturated heterocycles. The van der Waals surface area contributed by atoms with Crippen LogP contribution in [-0.2, 0) is 4.79 Å². The van der Waals surface area contributed by atoms with E-state index in [9.17, 15) is 10.1 Å². The number of fused-ring (bicyclic) bond motifs is 1. The summed E-state index contributed by atoms with van der Waals surface area (Å²) in [5.74, 6) is 1.12. The van der Waals surface area contributed by atoms with Gasteiger partial charge in [0, 0.05) is 18.0 Å². The van der Waals surface area contributed by atoms with Crippen molar-refractivity contribution in [3.8, 4) is 6.07 Å². The van der Waals surface area contributed by atoms with Gasteiger partial charge in [0.1, 0.15) is 0 Å². The summed E-state index contributed by atoms with van der Waals surface area (Å²) < 4.78 is 0. The van der Waals surface area contributed by atoms with Crippen LogP contribution in [-0.4, -0.2) is 23.4 Å². The Morgan fingerprint density at radius 1 is 1.10 bits per heavy atom. The molecule has 0 spiro atoms. The van der Waals surface area contributed by atoms with Crippen LogP contribution in [0, 0.1) is 18.3 Å². The van der Waals surface area contributed by atoms with Gasteiger partial charge in [-0.3, -0.25) is 9.69 Å². The lowest BCUT2D eigenvalue weighted by molar-refractivity contribution is -0.129. The van der Waals surface area contributed by atoms with Gasteiger partial charge in [-0.15, -0.1) is 0 Å². The molecule has 1 unspecified atom stereocenters. The Hall–Kier alpha value is -2.71. The quantitative estimate of drug-likeness (QED) is 0.694. The summed E-state index contributed by atoms with van der Waals surface area (Å²) in [6, 6.07) is 19.1. The summed E-state index contributed by atoms with van der Waals surface area (Å²) >= 11 is 1.59. The van der Waals surface area contributed by atoms with Crippen molar-refractivity contribution in [3.63, 3.8) is 0 Å². The molecule has 1 amide bonds. The lowest BCUT2D eigenvalue weighted by atomic mass is 9.85. The van der Waals surface area contributed by atoms with Crippen LogP contribution in [0.2, 0.25) is 0 Å². The summed E-state index contributed by atoms with van der Waals surface area (Å²) in [4.78, 5) is 17.0. The number of thioether (sulfide) groups is 1. The molecule has 2 aromatic carbocycles. The third-order valence-corrected chi connectivity index (χ3v) is 6.85. The molecule has 0 radical (unpaired) electrons. The van der Waals surface area contributed by atoms with Gasteiger partial charge < -0.3 is 4.90 Å². The number of amides is 1. The number of rotatable bonds is 3. The molecular weight excluding hydrogens is 378 g/mol. The van der Waals surface area contributed by atoms with Crippen molar-refractivity contribution in [2.45, 2.75) is 39.0 Å². The van der Waals surface area contributed by atoms with Crippen LogP contribution in [0.25, 0.3) is 0 Å². The number of nitriles is 1. The number of nitrogens with zero attached hydrogens (tertiary/aromatic N) is 3. The van der Waals surface area contributed by atoms with Crippen LogP contribution in [0.15, 0.2) is 59.1 Å². The minimum absolute atomic E-state index is 0.0845. The van der Waals surface area contributed by atoms with Gasteiger partial charge in [0.25, 0.3) is 0 Å². The lowest BCUT2D eigenvalue weighted by Gasteiger charge is -2.42. The van der Waals surface area contributed by atoms with Crippen LogP contribution >= 0.6 is 11.8 Å². The molecule has 148 valence electrons. The van der Waals surface area contributed by atoms with E-state index in [0.29, 0.717) is 19.0 Å². The summed E-state index contributed by atoms with van der Waals surface area (Å²) in [5.41, 5.74) is 5.35. The molecule has 29 heavy (non-hydrogen) atoms. The van der Waals surface area contributed by atoms with E-state index in [0.717, 1.165) is 27.7 Å². The minimum atomic E-state index is -0.154. The first-order valence-corrected chi connectivity index (χ1v) is 11.0. The van der Waals surface area contributed by atoms with Crippen LogP contribution in [0.4, 0.5) is 5.69 Å². The van der Waals surface area contributed by atoms with Crippen LogP contribution in [0.3, 0.4) is 0 Å². The fourth-order valence-electron chi connectivity index (χ4n) is 3.88. The van der Waals surface area contributed by atoms with E-state index in [2.05, 4.69) is 80.3 Å². The fourth-order valence-corrected chi connectivity index (χ4v) is 5.05. The van der Waals surface area contributed by atoms with Crippen molar-refractivity contribution in [1.82, 2.24) is 4.90 Å². The van der Waals surface area contributed by atoms with Crippen molar-refractivity contribution in [3.05, 3.63) is 75.8 Å². The number of anilines is 1. The molecule has 2 aliphatic heterocycles. The van der Waals surface area contributed by atoms with Gasteiger partial charge >= 0.3 is 0 Å². The maximum atomic E-state index is 13.0. The second kappa shape index (κ2) is 7.96. The Morgan fingerprint density at radius 2 is 1.79 bits per heavy atom. The monoisotopic (exact) mass is 403 g/mol. The average Bonchev–Trinajstić information content (AvgIpc) is 2.74. The Morgan fingerprint density at radius 3 is 2.41 bits per heavy atom. The molecule has 4 nitrogen and oxygen atoms in total. The summed E-state index contributed by atoms with van der Waals surface area (Å²) in [7, 11) is 0. The van der Waals surface area contributed by atoms with E-state index in [4.69, 9.17) is 0 Å². The minimum Gasteiger partial charge on any atom is -0.344 e. The van der Waals surface area contributed by atoms with Crippen molar-refractivity contribution in [2.24, 2.45) is 0 Å². The zero-order valence-electron chi connectivity index (χ0n) is 17.1. The molecule has 0 bridgehead atoms. The number of aryl methyl sites for hydroxylation is 1. The van der Waals surface area contributed by atoms with Gasteiger partial charge in [-0.1, -0.05) is 67.6 Å². The Bertz CT molecular complexity index is 986. The van der Waals surface area contributed by atoms with Crippen molar-refractivity contribution in [1.29, 1.82) is 5.26 Å². The number of carbonyl (C=O) groups excluding carboxylic acids is 1. The van der Waals surface area contributed by atoms with E-state index >= 15 is 0 Å². The second-order valence-corrected chi connectivity index (χ2v) is 8.95. The van der Waals surface area contributed by atoms with E-state index in [-0.39, 0.29) is 11.8 Å². The molecule has 0 aliphatic carbocycles. The van der Waals surface area contributed by atoms with Crippen LogP contribution in [0.5, 0.6) is 0 Å². The molecular formula is C24H25N3OS. The predicted molar refractivity (Wildman–Crippen MR) is 118 cm³/mol. The van der Waals surface area contributed by atoms with E-state index < -0.39 is 0 Å². The molecule has 0 saturated carbocycles. The third kappa shape index (κ3) is 3.77. The van der Waals surface area contributed by atoms with Crippen LogP contribution in [0.1, 0.15) is 48.8 Å². The summed E-state index contributed by atoms with van der Waals surface area (Å²) in [6.45, 7) is 6.89.